The van der Waals surface area contributed by atoms with Crippen molar-refractivity contribution < 1.29 is 4.79 Å². The maximum Gasteiger partial charge on any atom is 0.225 e. The lowest BCUT2D eigenvalue weighted by atomic mass is 9.93. The van der Waals surface area contributed by atoms with Crippen LogP contribution < -0.4 is 0 Å². The highest BCUT2D eigenvalue weighted by molar-refractivity contribution is 5.81. The summed E-state index contributed by atoms with van der Waals surface area (Å²) in [5, 5.41) is 1.07. The lowest BCUT2D eigenvalue weighted by Gasteiger charge is -2.32. The predicted octanol–water partition coefficient (Wildman–Crippen LogP) is 2.75. The summed E-state index contributed by atoms with van der Waals surface area (Å²) in [6.07, 6.45) is 8.07. The van der Waals surface area contributed by atoms with Crippen molar-refractivity contribution in [1.82, 2.24) is 14.9 Å². The normalized spacial score (nSPS) is 22.5. The van der Waals surface area contributed by atoms with Gasteiger partial charge in [-0.25, -0.2) is 0 Å². The molecule has 0 radical (unpaired) electrons. The van der Waals surface area contributed by atoms with Crippen molar-refractivity contribution in [1.29, 1.82) is 0 Å². The van der Waals surface area contributed by atoms with Crippen LogP contribution in [-0.2, 0) is 4.79 Å². The molecular weight excluding hydrogens is 262 g/mol. The van der Waals surface area contributed by atoms with Crippen molar-refractivity contribution >= 4 is 16.8 Å². The first kappa shape index (κ1) is 12.7. The van der Waals surface area contributed by atoms with E-state index in [1.54, 1.807) is 0 Å². The van der Waals surface area contributed by atoms with Gasteiger partial charge in [-0.15, -0.1) is 0 Å². The summed E-state index contributed by atoms with van der Waals surface area (Å²) in [5.74, 6) is 1.03. The van der Waals surface area contributed by atoms with Crippen molar-refractivity contribution in [2.75, 3.05) is 13.1 Å². The van der Waals surface area contributed by atoms with Crippen LogP contribution in [0.2, 0.25) is 0 Å². The first-order valence-corrected chi connectivity index (χ1v) is 7.81. The highest BCUT2D eigenvalue weighted by Crippen LogP contribution is 2.34. The van der Waals surface area contributed by atoms with E-state index in [0.717, 1.165) is 55.4 Å². The van der Waals surface area contributed by atoms with E-state index in [1.807, 2.05) is 24.5 Å². The van der Waals surface area contributed by atoms with Crippen LogP contribution in [0.25, 0.3) is 10.9 Å². The van der Waals surface area contributed by atoms with E-state index < -0.39 is 0 Å². The fourth-order valence-electron chi connectivity index (χ4n) is 3.21. The molecule has 1 atom stereocenters. The van der Waals surface area contributed by atoms with Gasteiger partial charge in [0, 0.05) is 48.4 Å². The molecule has 1 aliphatic heterocycles. The van der Waals surface area contributed by atoms with Crippen molar-refractivity contribution in [3.05, 3.63) is 36.3 Å². The smallest absolute Gasteiger partial charge is 0.225 e. The second kappa shape index (κ2) is 5.10. The third-order valence-electron chi connectivity index (χ3n) is 4.59. The zero-order valence-corrected chi connectivity index (χ0v) is 12.0. The van der Waals surface area contributed by atoms with Crippen LogP contribution in [0.15, 0.2) is 30.6 Å². The SMILES string of the molecule is O=C(C1CC1)N1CCCC(c2cc3ncccc3cn2)C1. The van der Waals surface area contributed by atoms with Gasteiger partial charge in [0.2, 0.25) is 5.91 Å². The molecule has 1 saturated heterocycles. The molecule has 4 heteroatoms. The summed E-state index contributed by atoms with van der Waals surface area (Å²) in [6, 6.07) is 6.05. The minimum atomic E-state index is 0.315. The maximum absolute atomic E-state index is 12.2. The third-order valence-corrected chi connectivity index (χ3v) is 4.59. The lowest BCUT2D eigenvalue weighted by Crippen LogP contribution is -2.40. The Bertz CT molecular complexity index is 681. The van der Waals surface area contributed by atoms with Crippen molar-refractivity contribution in [2.24, 2.45) is 5.92 Å². The van der Waals surface area contributed by atoms with Crippen LogP contribution in [0.1, 0.15) is 37.3 Å². The number of carbonyl (C=O) groups is 1. The van der Waals surface area contributed by atoms with Crippen LogP contribution in [0.5, 0.6) is 0 Å². The quantitative estimate of drug-likeness (QED) is 0.850. The molecule has 108 valence electrons. The maximum atomic E-state index is 12.2. The third kappa shape index (κ3) is 2.50. The van der Waals surface area contributed by atoms with E-state index in [-0.39, 0.29) is 0 Å². The zero-order chi connectivity index (χ0) is 14.2. The molecule has 1 aliphatic carbocycles. The Balaban J connectivity index is 1.57. The Morgan fingerprint density at radius 3 is 3.00 bits per heavy atom. The monoisotopic (exact) mass is 281 g/mol. The molecule has 21 heavy (non-hydrogen) atoms. The largest absolute Gasteiger partial charge is 0.342 e. The summed E-state index contributed by atoms with van der Waals surface area (Å²) in [6.45, 7) is 1.73. The molecule has 2 aromatic rings. The predicted molar refractivity (Wildman–Crippen MR) is 80.8 cm³/mol. The number of fused-ring (bicyclic) bond motifs is 1. The van der Waals surface area contributed by atoms with Gasteiger partial charge in [-0.1, -0.05) is 0 Å². The molecule has 0 bridgehead atoms. The number of piperidine rings is 1. The van der Waals surface area contributed by atoms with Crippen molar-refractivity contribution in [2.45, 2.75) is 31.6 Å². The molecule has 3 heterocycles. The van der Waals surface area contributed by atoms with Gasteiger partial charge in [0.1, 0.15) is 0 Å². The standard InChI is InChI=1S/C17H19N3O/c21-17(12-5-6-12)20-8-2-4-14(11-20)16-9-15-13(10-19-16)3-1-7-18-15/h1,3,7,9-10,12,14H,2,4-6,8,11H2. The Labute approximate surface area is 124 Å². The molecule has 1 amide bonds. The van der Waals surface area contributed by atoms with Crippen LogP contribution in [0, 0.1) is 5.92 Å². The van der Waals surface area contributed by atoms with E-state index >= 15 is 0 Å². The van der Waals surface area contributed by atoms with Crippen molar-refractivity contribution in [3.63, 3.8) is 0 Å². The van der Waals surface area contributed by atoms with Crippen LogP contribution in [-0.4, -0.2) is 33.9 Å². The van der Waals surface area contributed by atoms with Gasteiger partial charge in [0.25, 0.3) is 0 Å². The van der Waals surface area contributed by atoms with Gasteiger partial charge >= 0.3 is 0 Å². The first-order valence-electron chi connectivity index (χ1n) is 7.81. The Hall–Kier alpha value is -1.97. The Kier molecular flexibility index (Phi) is 3.09. The Morgan fingerprint density at radius 1 is 1.24 bits per heavy atom. The fraction of sp³-hybridized carbons (Fsp3) is 0.471. The number of amides is 1. The van der Waals surface area contributed by atoms with E-state index in [2.05, 4.69) is 20.9 Å². The molecule has 2 aliphatic rings. The van der Waals surface area contributed by atoms with Gasteiger partial charge in [-0.05, 0) is 43.9 Å². The topological polar surface area (TPSA) is 46.1 Å². The average molecular weight is 281 g/mol. The number of carbonyl (C=O) groups excluding carboxylic acids is 1. The van der Waals surface area contributed by atoms with Gasteiger partial charge in [0.05, 0.1) is 5.52 Å². The number of nitrogens with zero attached hydrogens (tertiary/aromatic N) is 3. The highest BCUT2D eigenvalue weighted by Gasteiger charge is 2.35. The summed E-state index contributed by atoms with van der Waals surface area (Å²) in [7, 11) is 0. The molecule has 0 spiro atoms. The average Bonchev–Trinajstić information content (AvgIpc) is 3.39. The van der Waals surface area contributed by atoms with Gasteiger partial charge < -0.3 is 4.90 Å². The van der Waals surface area contributed by atoms with E-state index in [4.69, 9.17) is 0 Å². The summed E-state index contributed by atoms with van der Waals surface area (Å²) < 4.78 is 0. The molecule has 2 fully saturated rings. The van der Waals surface area contributed by atoms with Crippen molar-refractivity contribution in [3.8, 4) is 0 Å². The molecule has 0 N–H and O–H groups in total. The van der Waals surface area contributed by atoms with Gasteiger partial charge in [-0.2, -0.15) is 0 Å². The number of hydrogen-bond acceptors (Lipinski definition) is 3. The number of likely N-dealkylation sites (tertiary alicyclic amines) is 1. The highest BCUT2D eigenvalue weighted by atomic mass is 16.2. The zero-order valence-electron chi connectivity index (χ0n) is 12.0. The molecule has 1 saturated carbocycles. The second-order valence-corrected chi connectivity index (χ2v) is 6.20. The molecule has 2 aromatic heterocycles. The summed E-state index contributed by atoms with van der Waals surface area (Å²) >= 11 is 0. The van der Waals surface area contributed by atoms with Crippen LogP contribution in [0.3, 0.4) is 0 Å². The van der Waals surface area contributed by atoms with E-state index in [0.29, 0.717) is 17.7 Å². The first-order chi connectivity index (χ1) is 10.3. The molecular formula is C17H19N3O. The number of hydrogen-bond donors (Lipinski definition) is 0. The second-order valence-electron chi connectivity index (χ2n) is 6.20. The number of pyridine rings is 2. The lowest BCUT2D eigenvalue weighted by molar-refractivity contribution is -0.133. The van der Waals surface area contributed by atoms with Gasteiger partial charge in [-0.3, -0.25) is 14.8 Å². The summed E-state index contributed by atoms with van der Waals surface area (Å²) in [5.41, 5.74) is 2.07. The molecule has 4 rings (SSSR count). The minimum Gasteiger partial charge on any atom is -0.342 e. The molecule has 1 unspecified atom stereocenters. The number of rotatable bonds is 2. The van der Waals surface area contributed by atoms with Crippen LogP contribution >= 0.6 is 0 Å². The molecule has 0 aromatic carbocycles. The summed E-state index contributed by atoms with van der Waals surface area (Å²) in [4.78, 5) is 23.3. The fourth-order valence-corrected chi connectivity index (χ4v) is 3.21. The Morgan fingerprint density at radius 2 is 2.14 bits per heavy atom. The minimum absolute atomic E-state index is 0.315. The van der Waals surface area contributed by atoms with E-state index in [1.165, 1.54) is 0 Å². The number of aromatic nitrogens is 2. The van der Waals surface area contributed by atoms with Gasteiger partial charge in [0.15, 0.2) is 0 Å². The molecule has 4 nitrogen and oxygen atoms in total. The van der Waals surface area contributed by atoms with E-state index in [9.17, 15) is 4.79 Å². The van der Waals surface area contributed by atoms with Crippen LogP contribution in [0.4, 0.5) is 0 Å².